The second-order valence-electron chi connectivity index (χ2n) is 4.24. The molecule has 4 nitrogen and oxygen atoms in total. The second-order valence-corrected chi connectivity index (χ2v) is 6.43. The Bertz CT molecular complexity index is 540. The Kier molecular flexibility index (Phi) is 7.37. The Labute approximate surface area is 142 Å². The maximum atomic E-state index is 12.0. The molecule has 21 heavy (non-hydrogen) atoms. The van der Waals surface area contributed by atoms with Crippen molar-refractivity contribution in [3.05, 3.63) is 26.5 Å². The van der Waals surface area contributed by atoms with Crippen molar-refractivity contribution in [2.45, 2.75) is 32.1 Å². The summed E-state index contributed by atoms with van der Waals surface area (Å²) in [4.78, 5) is 26.3. The van der Waals surface area contributed by atoms with E-state index in [0.717, 1.165) is 20.4 Å². The average molecular weight is 422 g/mol. The summed E-state index contributed by atoms with van der Waals surface area (Å²) in [6.07, 6.45) is 1.60. The molecule has 0 aromatic carbocycles. The monoisotopic (exact) mass is 422 g/mol. The number of esters is 2. The average Bonchev–Trinajstić information content (AvgIpc) is 2.69. The minimum absolute atomic E-state index is 0.0503. The first-order chi connectivity index (χ1) is 9.96. The maximum Gasteiger partial charge on any atom is 0.345 e. The van der Waals surface area contributed by atoms with Gasteiger partial charge in [0.1, 0.15) is 5.57 Å². The van der Waals surface area contributed by atoms with Gasteiger partial charge in [-0.05, 0) is 44.9 Å². The fourth-order valence-electron chi connectivity index (χ4n) is 1.87. The summed E-state index contributed by atoms with van der Waals surface area (Å²) in [6, 6.07) is 0. The van der Waals surface area contributed by atoms with Gasteiger partial charge >= 0.3 is 11.9 Å². The molecule has 116 valence electrons. The van der Waals surface area contributed by atoms with Crippen LogP contribution in [0.25, 0.3) is 6.08 Å². The molecule has 1 heterocycles. The van der Waals surface area contributed by atoms with Crippen molar-refractivity contribution in [1.29, 1.82) is 0 Å². The molecule has 0 saturated carbocycles. The van der Waals surface area contributed by atoms with E-state index in [1.807, 2.05) is 13.8 Å². The predicted molar refractivity (Wildman–Crippen MR) is 92.8 cm³/mol. The molecule has 0 aliphatic carbocycles. The lowest BCUT2D eigenvalue weighted by Gasteiger charge is -2.07. The quantitative estimate of drug-likeness (QED) is 0.175. The molecule has 0 atom stereocenters. The minimum atomic E-state index is -0.640. The molecule has 0 N–H and O–H groups in total. The van der Waals surface area contributed by atoms with Crippen LogP contribution in [-0.2, 0) is 23.5 Å². The molecule has 0 aliphatic heterocycles. The van der Waals surface area contributed by atoms with Crippen LogP contribution < -0.4 is 0 Å². The zero-order valence-electron chi connectivity index (χ0n) is 12.6. The van der Waals surface area contributed by atoms with E-state index in [4.69, 9.17) is 9.47 Å². The van der Waals surface area contributed by atoms with Crippen molar-refractivity contribution in [2.75, 3.05) is 13.2 Å². The molecule has 0 amide bonds. The number of carbonyl (C=O) groups excluding carboxylic acids is 2. The molecule has 6 heteroatoms. The molecule has 1 aromatic rings. The number of hydrogen-bond acceptors (Lipinski definition) is 5. The van der Waals surface area contributed by atoms with E-state index in [2.05, 4.69) is 22.6 Å². The SMILES string of the molecule is CCOC(=O)C(=Cc1c(C)sc(C)c1CI)C(=O)OCC. The maximum absolute atomic E-state index is 12.0. The van der Waals surface area contributed by atoms with Crippen molar-refractivity contribution in [3.63, 3.8) is 0 Å². The zero-order valence-corrected chi connectivity index (χ0v) is 15.6. The highest BCUT2D eigenvalue weighted by atomic mass is 127. The molecule has 0 aliphatic rings. The normalized spacial score (nSPS) is 10.1. The van der Waals surface area contributed by atoms with Gasteiger partial charge in [0.2, 0.25) is 0 Å². The van der Waals surface area contributed by atoms with E-state index in [0.29, 0.717) is 0 Å². The Morgan fingerprint density at radius 2 is 1.62 bits per heavy atom. The summed E-state index contributed by atoms with van der Waals surface area (Å²) >= 11 is 3.94. The van der Waals surface area contributed by atoms with Crippen LogP contribution in [0, 0.1) is 13.8 Å². The van der Waals surface area contributed by atoms with Gasteiger partial charge in [-0.2, -0.15) is 0 Å². The van der Waals surface area contributed by atoms with Crippen LogP contribution in [0.2, 0.25) is 0 Å². The first kappa shape index (κ1) is 18.2. The molecule has 1 aromatic heterocycles. The fourth-order valence-corrected chi connectivity index (χ4v) is 4.16. The van der Waals surface area contributed by atoms with E-state index in [9.17, 15) is 9.59 Å². The fraction of sp³-hybridized carbons (Fsp3) is 0.467. The highest BCUT2D eigenvalue weighted by molar-refractivity contribution is 14.1. The van der Waals surface area contributed by atoms with E-state index < -0.39 is 11.9 Å². The van der Waals surface area contributed by atoms with Crippen molar-refractivity contribution in [1.82, 2.24) is 0 Å². The number of aryl methyl sites for hydroxylation is 2. The number of thiophene rings is 1. The molecular formula is C15H19IO4S. The Balaban J connectivity index is 3.31. The minimum Gasteiger partial charge on any atom is -0.462 e. The highest BCUT2D eigenvalue weighted by Crippen LogP contribution is 2.31. The summed E-state index contributed by atoms with van der Waals surface area (Å²) in [6.45, 7) is 7.87. The molecule has 0 bridgehead atoms. The van der Waals surface area contributed by atoms with Gasteiger partial charge in [0.25, 0.3) is 0 Å². The number of hydrogen-bond donors (Lipinski definition) is 0. The van der Waals surface area contributed by atoms with Gasteiger partial charge < -0.3 is 9.47 Å². The third-order valence-electron chi connectivity index (χ3n) is 2.85. The molecule has 0 spiro atoms. The Hall–Kier alpha value is -0.890. The lowest BCUT2D eigenvalue weighted by molar-refractivity contribution is -0.146. The first-order valence-electron chi connectivity index (χ1n) is 6.66. The Morgan fingerprint density at radius 1 is 1.10 bits per heavy atom. The van der Waals surface area contributed by atoms with Crippen LogP contribution in [0.4, 0.5) is 0 Å². The van der Waals surface area contributed by atoms with Crippen LogP contribution in [-0.4, -0.2) is 25.2 Å². The van der Waals surface area contributed by atoms with Crippen LogP contribution in [0.1, 0.15) is 34.7 Å². The van der Waals surface area contributed by atoms with Crippen molar-refractivity contribution >= 4 is 51.9 Å². The summed E-state index contributed by atoms with van der Waals surface area (Å²) in [5.41, 5.74) is 2.01. The molecule has 0 saturated heterocycles. The summed E-state index contributed by atoms with van der Waals surface area (Å²) in [5, 5.41) is 0. The number of carbonyl (C=O) groups is 2. The second kappa shape index (κ2) is 8.53. The van der Waals surface area contributed by atoms with Gasteiger partial charge in [0.15, 0.2) is 0 Å². The van der Waals surface area contributed by atoms with E-state index in [1.54, 1.807) is 31.3 Å². The third kappa shape index (κ3) is 4.54. The summed E-state index contributed by atoms with van der Waals surface area (Å²) in [7, 11) is 0. The molecule has 1 rings (SSSR count). The number of alkyl halides is 1. The number of halogens is 1. The number of ether oxygens (including phenoxy) is 2. The van der Waals surface area contributed by atoms with Crippen LogP contribution in [0.15, 0.2) is 5.57 Å². The molecular weight excluding hydrogens is 403 g/mol. The first-order valence-corrected chi connectivity index (χ1v) is 9.01. The van der Waals surface area contributed by atoms with Gasteiger partial charge in [0.05, 0.1) is 13.2 Å². The van der Waals surface area contributed by atoms with Gasteiger partial charge in [0, 0.05) is 14.2 Å². The molecule has 0 fully saturated rings. The Morgan fingerprint density at radius 3 is 2.05 bits per heavy atom. The largest absolute Gasteiger partial charge is 0.462 e. The molecule has 0 radical (unpaired) electrons. The van der Waals surface area contributed by atoms with E-state index >= 15 is 0 Å². The standard InChI is InChI=1S/C15H19IO4S/c1-5-19-14(17)12(15(18)20-6-2)7-11-9(3)21-10(4)13(11)8-16/h7H,5-6,8H2,1-4H3. The smallest absolute Gasteiger partial charge is 0.345 e. The lowest BCUT2D eigenvalue weighted by atomic mass is 10.1. The van der Waals surface area contributed by atoms with Gasteiger partial charge in [-0.1, -0.05) is 22.6 Å². The predicted octanol–water partition coefficient (Wildman–Crippen LogP) is 3.81. The molecule has 0 unspecified atom stereocenters. The van der Waals surface area contributed by atoms with Gasteiger partial charge in [-0.25, -0.2) is 9.59 Å². The van der Waals surface area contributed by atoms with Crippen LogP contribution >= 0.6 is 33.9 Å². The number of rotatable bonds is 6. The summed E-state index contributed by atoms with van der Waals surface area (Å²) in [5.74, 6) is -1.28. The van der Waals surface area contributed by atoms with Gasteiger partial charge in [-0.3, -0.25) is 0 Å². The van der Waals surface area contributed by atoms with Crippen LogP contribution in [0.3, 0.4) is 0 Å². The highest BCUT2D eigenvalue weighted by Gasteiger charge is 2.23. The third-order valence-corrected chi connectivity index (χ3v) is 4.69. The van der Waals surface area contributed by atoms with Crippen molar-refractivity contribution < 1.29 is 19.1 Å². The van der Waals surface area contributed by atoms with Crippen molar-refractivity contribution in [3.8, 4) is 0 Å². The van der Waals surface area contributed by atoms with E-state index in [1.165, 1.54) is 4.88 Å². The summed E-state index contributed by atoms with van der Waals surface area (Å²) < 4.78 is 10.7. The lowest BCUT2D eigenvalue weighted by Crippen LogP contribution is -2.18. The van der Waals surface area contributed by atoms with Crippen LogP contribution in [0.5, 0.6) is 0 Å². The van der Waals surface area contributed by atoms with E-state index in [-0.39, 0.29) is 18.8 Å². The zero-order chi connectivity index (χ0) is 16.0. The van der Waals surface area contributed by atoms with Crippen molar-refractivity contribution in [2.24, 2.45) is 0 Å². The van der Waals surface area contributed by atoms with Gasteiger partial charge in [-0.15, -0.1) is 11.3 Å². The topological polar surface area (TPSA) is 52.6 Å².